The molecule has 0 aromatic heterocycles. The monoisotopic (exact) mass is 276 g/mol. The number of carbonyl (C=O) groups excluding carboxylic acids is 1. The average Bonchev–Trinajstić information content (AvgIpc) is 2.98. The lowest BCUT2D eigenvalue weighted by Gasteiger charge is -2.23. The summed E-state index contributed by atoms with van der Waals surface area (Å²) in [6.07, 6.45) is -0.799. The Kier molecular flexibility index (Phi) is 3.31. The molecule has 1 aromatic carbocycles. The molecule has 2 aliphatic rings. The first-order valence-corrected chi connectivity index (χ1v) is 6.62. The summed E-state index contributed by atoms with van der Waals surface area (Å²) in [4.78, 5) is 24.7. The number of carbonyl (C=O) groups is 2. The minimum absolute atomic E-state index is 0.0323. The van der Waals surface area contributed by atoms with Gasteiger partial charge in [-0.1, -0.05) is 30.3 Å². The van der Waals surface area contributed by atoms with E-state index in [2.05, 4.69) is 5.32 Å². The number of nitrogens with one attached hydrogen (secondary N) is 1. The lowest BCUT2D eigenvalue weighted by atomic mass is 10.1. The topological polar surface area (TPSA) is 78.9 Å². The predicted molar refractivity (Wildman–Crippen MR) is 69.9 cm³/mol. The van der Waals surface area contributed by atoms with Crippen molar-refractivity contribution in [1.29, 1.82) is 0 Å². The zero-order valence-electron chi connectivity index (χ0n) is 10.9. The highest BCUT2D eigenvalue weighted by Gasteiger charge is 2.48. The van der Waals surface area contributed by atoms with Crippen molar-refractivity contribution in [2.75, 3.05) is 13.2 Å². The maximum absolute atomic E-state index is 12.4. The van der Waals surface area contributed by atoms with Crippen LogP contribution in [0.25, 0.3) is 0 Å². The van der Waals surface area contributed by atoms with Gasteiger partial charge in [0.25, 0.3) is 0 Å². The molecular formula is C14H16N2O4. The fourth-order valence-electron chi connectivity index (χ4n) is 2.93. The Morgan fingerprint density at radius 3 is 2.85 bits per heavy atom. The number of ether oxygens (including phenoxy) is 1. The van der Waals surface area contributed by atoms with Crippen LogP contribution in [0, 0.1) is 5.92 Å². The quantitative estimate of drug-likeness (QED) is 0.869. The van der Waals surface area contributed by atoms with Crippen LogP contribution < -0.4 is 5.32 Å². The molecule has 106 valence electrons. The standard InChI is InChI=1S/C14H16N2O4/c17-12-10(7-15-14(18)19)6-11-8-20-13(16(11)12)9-4-2-1-3-5-9/h1-5,10-11,13,15H,6-8H2,(H,18,19). The molecule has 20 heavy (non-hydrogen) atoms. The first-order valence-electron chi connectivity index (χ1n) is 6.62. The number of benzene rings is 1. The van der Waals surface area contributed by atoms with Gasteiger partial charge in [-0.15, -0.1) is 0 Å². The van der Waals surface area contributed by atoms with Gasteiger partial charge in [-0.25, -0.2) is 4.79 Å². The summed E-state index contributed by atoms with van der Waals surface area (Å²) in [5, 5.41) is 10.9. The zero-order chi connectivity index (χ0) is 14.1. The van der Waals surface area contributed by atoms with Crippen molar-refractivity contribution >= 4 is 12.0 Å². The second-order valence-electron chi connectivity index (χ2n) is 5.11. The van der Waals surface area contributed by atoms with E-state index in [0.29, 0.717) is 13.0 Å². The molecule has 1 aromatic rings. The minimum atomic E-state index is -1.10. The van der Waals surface area contributed by atoms with Crippen LogP contribution >= 0.6 is 0 Å². The van der Waals surface area contributed by atoms with Crippen molar-refractivity contribution < 1.29 is 19.4 Å². The Morgan fingerprint density at radius 2 is 2.15 bits per heavy atom. The Balaban J connectivity index is 1.74. The van der Waals surface area contributed by atoms with Crippen molar-refractivity contribution in [3.05, 3.63) is 35.9 Å². The van der Waals surface area contributed by atoms with E-state index in [-0.39, 0.29) is 30.6 Å². The van der Waals surface area contributed by atoms with E-state index in [1.165, 1.54) is 0 Å². The first-order chi connectivity index (χ1) is 9.66. The fourth-order valence-corrected chi connectivity index (χ4v) is 2.93. The first kappa shape index (κ1) is 12.9. The fraction of sp³-hybridized carbons (Fsp3) is 0.429. The molecule has 2 heterocycles. The van der Waals surface area contributed by atoms with E-state index in [9.17, 15) is 9.59 Å². The summed E-state index contributed by atoms with van der Waals surface area (Å²) in [7, 11) is 0. The highest BCUT2D eigenvalue weighted by Crippen LogP contribution is 2.39. The van der Waals surface area contributed by atoms with Crippen molar-refractivity contribution in [2.45, 2.75) is 18.7 Å². The van der Waals surface area contributed by atoms with Crippen LogP contribution in [-0.2, 0) is 9.53 Å². The normalized spacial score (nSPS) is 28.5. The van der Waals surface area contributed by atoms with Gasteiger partial charge in [0.2, 0.25) is 5.91 Å². The van der Waals surface area contributed by atoms with Crippen LogP contribution in [0.3, 0.4) is 0 Å². The van der Waals surface area contributed by atoms with E-state index in [0.717, 1.165) is 5.56 Å². The van der Waals surface area contributed by atoms with Crippen molar-refractivity contribution in [3.8, 4) is 0 Å². The molecule has 0 saturated carbocycles. The second-order valence-corrected chi connectivity index (χ2v) is 5.11. The van der Waals surface area contributed by atoms with E-state index in [1.54, 1.807) is 4.90 Å². The number of fused-ring (bicyclic) bond motifs is 1. The van der Waals surface area contributed by atoms with E-state index in [1.807, 2.05) is 30.3 Å². The molecule has 2 saturated heterocycles. The molecule has 0 spiro atoms. The number of rotatable bonds is 3. The van der Waals surface area contributed by atoms with E-state index in [4.69, 9.17) is 9.84 Å². The van der Waals surface area contributed by atoms with Gasteiger partial charge < -0.3 is 20.1 Å². The van der Waals surface area contributed by atoms with Crippen LogP contribution in [-0.4, -0.2) is 41.2 Å². The Morgan fingerprint density at radius 1 is 1.40 bits per heavy atom. The summed E-state index contributed by atoms with van der Waals surface area (Å²) < 4.78 is 5.72. The third-order valence-electron chi connectivity index (χ3n) is 3.84. The highest BCUT2D eigenvalue weighted by atomic mass is 16.5. The predicted octanol–water partition coefficient (Wildman–Crippen LogP) is 1.20. The van der Waals surface area contributed by atoms with Crippen LogP contribution in [0.1, 0.15) is 18.2 Å². The van der Waals surface area contributed by atoms with Gasteiger partial charge in [-0.3, -0.25) is 4.79 Å². The molecule has 2 N–H and O–H groups in total. The Hall–Kier alpha value is -2.08. The molecule has 2 amide bonds. The molecule has 0 radical (unpaired) electrons. The zero-order valence-corrected chi connectivity index (χ0v) is 10.9. The lowest BCUT2D eigenvalue weighted by molar-refractivity contribution is -0.137. The van der Waals surface area contributed by atoms with Crippen LogP contribution in [0.4, 0.5) is 4.79 Å². The average molecular weight is 276 g/mol. The van der Waals surface area contributed by atoms with Crippen LogP contribution in [0.2, 0.25) is 0 Å². The smallest absolute Gasteiger partial charge is 0.404 e. The number of carboxylic acid groups (broad SMARTS) is 1. The number of amides is 2. The molecular weight excluding hydrogens is 260 g/mol. The van der Waals surface area contributed by atoms with Gasteiger partial charge in [0.05, 0.1) is 18.6 Å². The maximum Gasteiger partial charge on any atom is 0.404 e. The highest BCUT2D eigenvalue weighted by molar-refractivity contribution is 5.83. The molecule has 3 rings (SSSR count). The third kappa shape index (κ3) is 2.22. The lowest BCUT2D eigenvalue weighted by Crippen LogP contribution is -2.35. The van der Waals surface area contributed by atoms with Crippen molar-refractivity contribution in [2.24, 2.45) is 5.92 Å². The van der Waals surface area contributed by atoms with E-state index >= 15 is 0 Å². The van der Waals surface area contributed by atoms with E-state index < -0.39 is 6.09 Å². The van der Waals surface area contributed by atoms with Crippen molar-refractivity contribution in [1.82, 2.24) is 10.2 Å². The summed E-state index contributed by atoms with van der Waals surface area (Å²) in [5.74, 6) is -0.318. The molecule has 0 bridgehead atoms. The molecule has 3 unspecified atom stereocenters. The largest absolute Gasteiger partial charge is 0.465 e. The molecule has 2 aliphatic heterocycles. The number of nitrogens with zero attached hydrogens (tertiary/aromatic N) is 1. The van der Waals surface area contributed by atoms with Gasteiger partial charge in [-0.05, 0) is 6.42 Å². The number of hydrogen-bond acceptors (Lipinski definition) is 3. The Bertz CT molecular complexity index is 519. The number of hydrogen-bond donors (Lipinski definition) is 2. The van der Waals surface area contributed by atoms with Gasteiger partial charge in [-0.2, -0.15) is 0 Å². The molecule has 6 nitrogen and oxygen atoms in total. The van der Waals surface area contributed by atoms with Crippen LogP contribution in [0.15, 0.2) is 30.3 Å². The van der Waals surface area contributed by atoms with Gasteiger partial charge in [0.15, 0.2) is 6.23 Å². The van der Waals surface area contributed by atoms with Gasteiger partial charge in [0.1, 0.15) is 0 Å². The maximum atomic E-state index is 12.4. The second kappa shape index (κ2) is 5.13. The molecule has 2 fully saturated rings. The molecule has 3 atom stereocenters. The van der Waals surface area contributed by atoms with Gasteiger partial charge >= 0.3 is 6.09 Å². The SMILES string of the molecule is O=C(O)NCC1CC2COC(c3ccccc3)N2C1=O. The molecule has 6 heteroatoms. The third-order valence-corrected chi connectivity index (χ3v) is 3.84. The van der Waals surface area contributed by atoms with Gasteiger partial charge in [0, 0.05) is 12.1 Å². The van der Waals surface area contributed by atoms with Crippen LogP contribution in [0.5, 0.6) is 0 Å². The summed E-state index contributed by atoms with van der Waals surface area (Å²) in [6, 6.07) is 9.66. The summed E-state index contributed by atoms with van der Waals surface area (Å²) >= 11 is 0. The molecule has 0 aliphatic carbocycles. The minimum Gasteiger partial charge on any atom is -0.465 e. The summed E-state index contributed by atoms with van der Waals surface area (Å²) in [5.41, 5.74) is 0.954. The van der Waals surface area contributed by atoms with Crippen molar-refractivity contribution in [3.63, 3.8) is 0 Å². The Labute approximate surface area is 116 Å². The summed E-state index contributed by atoms with van der Waals surface area (Å²) in [6.45, 7) is 0.678.